The highest BCUT2D eigenvalue weighted by molar-refractivity contribution is 7.17. The lowest BCUT2D eigenvalue weighted by Crippen LogP contribution is -2.22. The number of anilines is 1. The third kappa shape index (κ3) is 3.70. The highest BCUT2D eigenvalue weighted by Crippen LogP contribution is 2.27. The van der Waals surface area contributed by atoms with E-state index in [9.17, 15) is 4.79 Å². The van der Waals surface area contributed by atoms with Crippen LogP contribution in [-0.2, 0) is 6.42 Å². The van der Waals surface area contributed by atoms with Crippen LogP contribution in [0.1, 0.15) is 42.6 Å². The predicted octanol–water partition coefficient (Wildman–Crippen LogP) is 2.89. The second-order valence-corrected chi connectivity index (χ2v) is 5.58. The lowest BCUT2D eigenvalue weighted by Gasteiger charge is -2.17. The van der Waals surface area contributed by atoms with Gasteiger partial charge in [-0.15, -0.1) is 0 Å². The first-order valence-corrected chi connectivity index (χ1v) is 6.71. The Labute approximate surface area is 106 Å². The Hall–Kier alpha value is -1.10. The second-order valence-electron chi connectivity index (χ2n) is 4.60. The molecule has 4 nitrogen and oxygen atoms in total. The van der Waals surface area contributed by atoms with Gasteiger partial charge < -0.3 is 10.0 Å². The van der Waals surface area contributed by atoms with Gasteiger partial charge in [0.05, 0.1) is 5.69 Å². The maximum atomic E-state index is 11.1. The molecule has 0 aromatic carbocycles. The molecule has 0 saturated heterocycles. The van der Waals surface area contributed by atoms with E-state index in [1.54, 1.807) is 0 Å². The first-order chi connectivity index (χ1) is 7.95. The van der Waals surface area contributed by atoms with Crippen LogP contribution in [0.5, 0.6) is 0 Å². The average molecular weight is 256 g/mol. The number of hydrogen-bond donors (Lipinski definition) is 1. The van der Waals surface area contributed by atoms with Gasteiger partial charge in [-0.1, -0.05) is 38.5 Å². The Bertz CT molecular complexity index is 388. The summed E-state index contributed by atoms with van der Waals surface area (Å²) in [5.74, 6) is -0.332. The van der Waals surface area contributed by atoms with Crippen molar-refractivity contribution in [2.45, 2.75) is 33.6 Å². The van der Waals surface area contributed by atoms with Gasteiger partial charge in [-0.05, 0) is 12.3 Å². The van der Waals surface area contributed by atoms with Crippen molar-refractivity contribution >= 4 is 22.4 Å². The largest absolute Gasteiger partial charge is 0.477 e. The molecule has 1 aromatic heterocycles. The minimum atomic E-state index is -0.866. The van der Waals surface area contributed by atoms with Gasteiger partial charge in [-0.2, -0.15) is 0 Å². The molecule has 0 radical (unpaired) electrons. The van der Waals surface area contributed by atoms with E-state index in [-0.39, 0.29) is 0 Å². The third-order valence-electron chi connectivity index (χ3n) is 2.33. The Morgan fingerprint density at radius 2 is 2.18 bits per heavy atom. The Morgan fingerprint density at radius 1 is 1.53 bits per heavy atom. The summed E-state index contributed by atoms with van der Waals surface area (Å²) >= 11 is 1.27. The molecule has 0 aliphatic rings. The SMILES string of the molecule is CCCc1nc(N(C)CC(C)C)sc1C(=O)O. The smallest absolute Gasteiger partial charge is 0.347 e. The van der Waals surface area contributed by atoms with E-state index < -0.39 is 5.97 Å². The molecule has 1 aromatic rings. The Morgan fingerprint density at radius 3 is 2.65 bits per heavy atom. The summed E-state index contributed by atoms with van der Waals surface area (Å²) in [6, 6.07) is 0. The number of thiazole rings is 1. The lowest BCUT2D eigenvalue weighted by molar-refractivity contribution is 0.0700. The first kappa shape index (κ1) is 14.0. The van der Waals surface area contributed by atoms with Crippen molar-refractivity contribution < 1.29 is 9.90 Å². The second kappa shape index (κ2) is 6.00. The molecular weight excluding hydrogens is 236 g/mol. The van der Waals surface area contributed by atoms with Crippen LogP contribution in [0, 0.1) is 5.92 Å². The van der Waals surface area contributed by atoms with Gasteiger partial charge in [0.2, 0.25) is 0 Å². The third-order valence-corrected chi connectivity index (χ3v) is 3.53. The standard InChI is InChI=1S/C12H20N2O2S/c1-5-6-9-10(11(15)16)17-12(13-9)14(4)7-8(2)3/h8H,5-7H2,1-4H3,(H,15,16). The van der Waals surface area contributed by atoms with Gasteiger partial charge in [0.1, 0.15) is 4.88 Å². The summed E-state index contributed by atoms with van der Waals surface area (Å²) in [7, 11) is 1.96. The molecule has 0 amide bonds. The predicted molar refractivity (Wildman–Crippen MR) is 71.2 cm³/mol. The summed E-state index contributed by atoms with van der Waals surface area (Å²) < 4.78 is 0. The number of hydrogen-bond acceptors (Lipinski definition) is 4. The number of carboxylic acid groups (broad SMARTS) is 1. The molecule has 0 atom stereocenters. The molecule has 5 heteroatoms. The molecule has 0 aliphatic heterocycles. The molecule has 1 N–H and O–H groups in total. The molecule has 0 aliphatic carbocycles. The fourth-order valence-corrected chi connectivity index (χ4v) is 2.62. The van der Waals surface area contributed by atoms with Crippen molar-refractivity contribution in [3.05, 3.63) is 10.6 Å². The van der Waals surface area contributed by atoms with Gasteiger partial charge in [-0.25, -0.2) is 9.78 Å². The highest BCUT2D eigenvalue weighted by atomic mass is 32.1. The van der Waals surface area contributed by atoms with E-state index in [1.807, 2.05) is 18.9 Å². The topological polar surface area (TPSA) is 53.4 Å². The fraction of sp³-hybridized carbons (Fsp3) is 0.667. The van der Waals surface area contributed by atoms with Crippen LogP contribution in [0.2, 0.25) is 0 Å². The van der Waals surface area contributed by atoms with Gasteiger partial charge in [-0.3, -0.25) is 0 Å². The number of aromatic nitrogens is 1. The molecule has 0 saturated carbocycles. The maximum Gasteiger partial charge on any atom is 0.347 e. The minimum absolute atomic E-state index is 0.387. The van der Waals surface area contributed by atoms with Crippen LogP contribution in [0.3, 0.4) is 0 Å². The Balaban J connectivity index is 2.94. The van der Waals surface area contributed by atoms with E-state index in [1.165, 1.54) is 11.3 Å². The summed E-state index contributed by atoms with van der Waals surface area (Å²) in [6.07, 6.45) is 1.64. The Kier molecular flexibility index (Phi) is 4.93. The molecule has 0 bridgehead atoms. The molecule has 0 spiro atoms. The molecule has 1 rings (SSSR count). The van der Waals surface area contributed by atoms with Gasteiger partial charge in [0, 0.05) is 13.6 Å². The van der Waals surface area contributed by atoms with Crippen LogP contribution >= 0.6 is 11.3 Å². The summed E-state index contributed by atoms with van der Waals surface area (Å²) in [5.41, 5.74) is 0.718. The van der Waals surface area contributed by atoms with E-state index in [0.717, 1.165) is 30.2 Å². The van der Waals surface area contributed by atoms with Crippen LogP contribution in [0.4, 0.5) is 5.13 Å². The van der Waals surface area contributed by atoms with Crippen molar-refractivity contribution in [1.82, 2.24) is 4.98 Å². The van der Waals surface area contributed by atoms with Gasteiger partial charge in [0.25, 0.3) is 0 Å². The summed E-state index contributed by atoms with van der Waals surface area (Å²) in [6.45, 7) is 7.19. The number of rotatable bonds is 6. The highest BCUT2D eigenvalue weighted by Gasteiger charge is 2.18. The maximum absolute atomic E-state index is 11.1. The number of aromatic carboxylic acids is 1. The minimum Gasteiger partial charge on any atom is -0.477 e. The number of nitrogens with zero attached hydrogens (tertiary/aromatic N) is 2. The molecule has 1 heterocycles. The summed E-state index contributed by atoms with van der Waals surface area (Å²) in [4.78, 5) is 18.0. The number of carbonyl (C=O) groups is 1. The zero-order chi connectivity index (χ0) is 13.0. The van der Waals surface area contributed by atoms with Crippen molar-refractivity contribution in [3.8, 4) is 0 Å². The quantitative estimate of drug-likeness (QED) is 0.850. The van der Waals surface area contributed by atoms with Gasteiger partial charge in [0.15, 0.2) is 5.13 Å². The van der Waals surface area contributed by atoms with Crippen molar-refractivity contribution in [3.63, 3.8) is 0 Å². The monoisotopic (exact) mass is 256 g/mol. The number of aryl methyl sites for hydroxylation is 1. The van der Waals surface area contributed by atoms with Crippen LogP contribution in [0.15, 0.2) is 0 Å². The number of carboxylic acids is 1. The van der Waals surface area contributed by atoms with Crippen LogP contribution in [-0.4, -0.2) is 29.7 Å². The van der Waals surface area contributed by atoms with E-state index in [0.29, 0.717) is 10.8 Å². The molecule has 0 unspecified atom stereocenters. The zero-order valence-electron chi connectivity index (χ0n) is 10.9. The van der Waals surface area contributed by atoms with E-state index in [2.05, 4.69) is 18.8 Å². The summed E-state index contributed by atoms with van der Waals surface area (Å²) in [5, 5.41) is 9.93. The van der Waals surface area contributed by atoms with Gasteiger partial charge >= 0.3 is 5.97 Å². The van der Waals surface area contributed by atoms with Crippen molar-refractivity contribution in [1.29, 1.82) is 0 Å². The van der Waals surface area contributed by atoms with Crippen molar-refractivity contribution in [2.24, 2.45) is 5.92 Å². The first-order valence-electron chi connectivity index (χ1n) is 5.89. The molecule has 0 fully saturated rings. The van der Waals surface area contributed by atoms with Crippen LogP contribution < -0.4 is 4.90 Å². The molecule has 96 valence electrons. The van der Waals surface area contributed by atoms with E-state index in [4.69, 9.17) is 5.11 Å². The zero-order valence-corrected chi connectivity index (χ0v) is 11.7. The van der Waals surface area contributed by atoms with Crippen molar-refractivity contribution in [2.75, 3.05) is 18.5 Å². The van der Waals surface area contributed by atoms with E-state index >= 15 is 0 Å². The van der Waals surface area contributed by atoms with Crippen LogP contribution in [0.25, 0.3) is 0 Å². The average Bonchev–Trinajstić information content (AvgIpc) is 2.61. The lowest BCUT2D eigenvalue weighted by atomic mass is 10.2. The molecular formula is C12H20N2O2S. The normalized spacial score (nSPS) is 10.9. The fourth-order valence-electron chi connectivity index (χ4n) is 1.70. The molecule has 17 heavy (non-hydrogen) atoms.